The van der Waals surface area contributed by atoms with Crippen molar-refractivity contribution in [3.05, 3.63) is 78.4 Å². The summed E-state index contributed by atoms with van der Waals surface area (Å²) in [6.07, 6.45) is 0. The third kappa shape index (κ3) is 3.82. The van der Waals surface area contributed by atoms with Gasteiger partial charge in [-0.05, 0) is 47.9 Å². The Hall–Kier alpha value is -3.07. The summed E-state index contributed by atoms with van der Waals surface area (Å²) < 4.78 is 0. The fourth-order valence-electron chi connectivity index (χ4n) is 2.60. The molecular formula is C21H20N2O. The summed E-state index contributed by atoms with van der Waals surface area (Å²) in [6.45, 7) is 3.59. The third-order valence-electron chi connectivity index (χ3n) is 3.81. The van der Waals surface area contributed by atoms with E-state index < -0.39 is 0 Å². The smallest absolute Gasteiger partial charge is 0.221 e. The largest absolute Gasteiger partial charge is 0.355 e. The molecular weight excluding hydrogens is 296 g/mol. The van der Waals surface area contributed by atoms with Crippen LogP contribution in [0.2, 0.25) is 0 Å². The predicted molar refractivity (Wildman–Crippen MR) is 101 cm³/mol. The molecule has 0 fully saturated rings. The van der Waals surface area contributed by atoms with Gasteiger partial charge in [-0.2, -0.15) is 0 Å². The molecule has 0 radical (unpaired) electrons. The van der Waals surface area contributed by atoms with Crippen LogP contribution in [0.3, 0.4) is 0 Å². The molecule has 0 bridgehead atoms. The van der Waals surface area contributed by atoms with E-state index in [4.69, 9.17) is 0 Å². The number of aryl methyl sites for hydroxylation is 1. The summed E-state index contributed by atoms with van der Waals surface area (Å²) in [6, 6.07) is 24.4. The van der Waals surface area contributed by atoms with Gasteiger partial charge in [0.05, 0.1) is 0 Å². The molecule has 3 rings (SSSR count). The fourth-order valence-corrected chi connectivity index (χ4v) is 2.60. The quantitative estimate of drug-likeness (QED) is 0.680. The standard InChI is InChI=1S/C21H20N2O/c1-15-11-12-18(17-7-4-3-5-8-17)13-21(15)23-20-10-6-9-19(14-20)22-16(2)24/h3-14,23H,1-2H3,(H,22,24). The first-order chi connectivity index (χ1) is 11.6. The molecule has 3 aromatic carbocycles. The van der Waals surface area contributed by atoms with Gasteiger partial charge in [0, 0.05) is 24.0 Å². The molecule has 24 heavy (non-hydrogen) atoms. The van der Waals surface area contributed by atoms with Crippen molar-refractivity contribution in [3.63, 3.8) is 0 Å². The van der Waals surface area contributed by atoms with Crippen molar-refractivity contribution in [1.82, 2.24) is 0 Å². The van der Waals surface area contributed by atoms with E-state index in [1.165, 1.54) is 23.6 Å². The number of amides is 1. The normalized spacial score (nSPS) is 10.2. The lowest BCUT2D eigenvalue weighted by atomic mass is 10.0. The zero-order valence-electron chi connectivity index (χ0n) is 13.8. The second-order valence-electron chi connectivity index (χ2n) is 5.78. The highest BCUT2D eigenvalue weighted by atomic mass is 16.1. The lowest BCUT2D eigenvalue weighted by Gasteiger charge is -2.13. The molecule has 0 aliphatic rings. The summed E-state index contributed by atoms with van der Waals surface area (Å²) in [7, 11) is 0. The number of carbonyl (C=O) groups is 1. The molecule has 0 saturated heterocycles. The molecule has 0 spiro atoms. The molecule has 0 aliphatic carbocycles. The molecule has 120 valence electrons. The van der Waals surface area contributed by atoms with Crippen LogP contribution in [0.5, 0.6) is 0 Å². The lowest BCUT2D eigenvalue weighted by Crippen LogP contribution is -2.05. The van der Waals surface area contributed by atoms with Crippen molar-refractivity contribution < 1.29 is 4.79 Å². The maximum absolute atomic E-state index is 11.2. The second kappa shape index (κ2) is 7.01. The van der Waals surface area contributed by atoms with Gasteiger partial charge in [-0.15, -0.1) is 0 Å². The molecule has 0 unspecified atom stereocenters. The van der Waals surface area contributed by atoms with Gasteiger partial charge in [0.15, 0.2) is 0 Å². The van der Waals surface area contributed by atoms with Crippen LogP contribution < -0.4 is 10.6 Å². The minimum Gasteiger partial charge on any atom is -0.355 e. The van der Waals surface area contributed by atoms with Crippen molar-refractivity contribution in [2.24, 2.45) is 0 Å². The highest BCUT2D eigenvalue weighted by Crippen LogP contribution is 2.28. The Morgan fingerprint density at radius 1 is 0.792 bits per heavy atom. The monoisotopic (exact) mass is 316 g/mol. The van der Waals surface area contributed by atoms with E-state index in [1.807, 2.05) is 42.5 Å². The molecule has 1 amide bonds. The van der Waals surface area contributed by atoms with E-state index in [1.54, 1.807) is 0 Å². The Bertz CT molecular complexity index is 857. The van der Waals surface area contributed by atoms with Gasteiger partial charge >= 0.3 is 0 Å². The molecule has 0 aromatic heterocycles. The van der Waals surface area contributed by atoms with Crippen LogP contribution in [-0.2, 0) is 4.79 Å². The van der Waals surface area contributed by atoms with Crippen LogP contribution in [0.4, 0.5) is 17.1 Å². The van der Waals surface area contributed by atoms with E-state index in [0.29, 0.717) is 0 Å². The number of anilines is 3. The van der Waals surface area contributed by atoms with Crippen molar-refractivity contribution in [3.8, 4) is 11.1 Å². The van der Waals surface area contributed by atoms with E-state index in [0.717, 1.165) is 17.1 Å². The number of benzene rings is 3. The molecule has 3 nitrogen and oxygen atoms in total. The number of rotatable bonds is 4. The Morgan fingerprint density at radius 3 is 2.29 bits per heavy atom. The Morgan fingerprint density at radius 2 is 1.54 bits per heavy atom. The minimum atomic E-state index is -0.0746. The van der Waals surface area contributed by atoms with Crippen molar-refractivity contribution >= 4 is 23.0 Å². The maximum atomic E-state index is 11.2. The predicted octanol–water partition coefficient (Wildman–Crippen LogP) is 5.36. The third-order valence-corrected chi connectivity index (χ3v) is 3.81. The average Bonchev–Trinajstić information content (AvgIpc) is 2.57. The maximum Gasteiger partial charge on any atom is 0.221 e. The van der Waals surface area contributed by atoms with Crippen LogP contribution in [-0.4, -0.2) is 5.91 Å². The SMILES string of the molecule is CC(=O)Nc1cccc(Nc2cc(-c3ccccc3)ccc2C)c1. The van der Waals surface area contributed by atoms with Crippen LogP contribution in [0.1, 0.15) is 12.5 Å². The highest BCUT2D eigenvalue weighted by molar-refractivity contribution is 5.89. The summed E-state index contributed by atoms with van der Waals surface area (Å²) >= 11 is 0. The molecule has 0 aliphatic heterocycles. The zero-order valence-corrected chi connectivity index (χ0v) is 13.8. The number of carbonyl (C=O) groups excluding carboxylic acids is 1. The van der Waals surface area contributed by atoms with Crippen LogP contribution in [0, 0.1) is 6.92 Å². The van der Waals surface area contributed by atoms with Crippen molar-refractivity contribution in [1.29, 1.82) is 0 Å². The molecule has 0 heterocycles. The number of hydrogen-bond donors (Lipinski definition) is 2. The van der Waals surface area contributed by atoms with Gasteiger partial charge in [0.2, 0.25) is 5.91 Å². The first-order valence-corrected chi connectivity index (χ1v) is 7.92. The first kappa shape index (κ1) is 15.8. The van der Waals surface area contributed by atoms with E-state index in [-0.39, 0.29) is 5.91 Å². The van der Waals surface area contributed by atoms with E-state index >= 15 is 0 Å². The Labute approximate surface area is 142 Å². The van der Waals surface area contributed by atoms with E-state index in [2.05, 4.69) is 47.9 Å². The molecule has 2 N–H and O–H groups in total. The van der Waals surface area contributed by atoms with Crippen molar-refractivity contribution in [2.45, 2.75) is 13.8 Å². The van der Waals surface area contributed by atoms with E-state index in [9.17, 15) is 4.79 Å². The Kier molecular flexibility index (Phi) is 4.62. The molecule has 3 aromatic rings. The summed E-state index contributed by atoms with van der Waals surface area (Å²) in [5, 5.41) is 6.25. The number of nitrogens with one attached hydrogen (secondary N) is 2. The summed E-state index contributed by atoms with van der Waals surface area (Å²) in [4.78, 5) is 11.2. The zero-order chi connectivity index (χ0) is 16.9. The molecule has 0 atom stereocenters. The molecule has 3 heteroatoms. The van der Waals surface area contributed by atoms with Crippen LogP contribution in [0.25, 0.3) is 11.1 Å². The van der Waals surface area contributed by atoms with Crippen LogP contribution >= 0.6 is 0 Å². The average molecular weight is 316 g/mol. The second-order valence-corrected chi connectivity index (χ2v) is 5.78. The van der Waals surface area contributed by atoms with Gasteiger partial charge < -0.3 is 10.6 Å². The Balaban J connectivity index is 1.89. The topological polar surface area (TPSA) is 41.1 Å². The first-order valence-electron chi connectivity index (χ1n) is 7.92. The summed E-state index contributed by atoms with van der Waals surface area (Å²) in [5.74, 6) is -0.0746. The fraction of sp³-hybridized carbons (Fsp3) is 0.0952. The van der Waals surface area contributed by atoms with Gasteiger partial charge in [-0.25, -0.2) is 0 Å². The van der Waals surface area contributed by atoms with Gasteiger partial charge in [0.25, 0.3) is 0 Å². The minimum absolute atomic E-state index is 0.0746. The van der Waals surface area contributed by atoms with Gasteiger partial charge in [-0.3, -0.25) is 4.79 Å². The molecule has 0 saturated carbocycles. The number of hydrogen-bond acceptors (Lipinski definition) is 2. The highest BCUT2D eigenvalue weighted by Gasteiger charge is 2.04. The summed E-state index contributed by atoms with van der Waals surface area (Å²) in [5.41, 5.74) is 6.30. The van der Waals surface area contributed by atoms with Crippen LogP contribution in [0.15, 0.2) is 72.8 Å². The van der Waals surface area contributed by atoms with Gasteiger partial charge in [-0.1, -0.05) is 48.5 Å². The lowest BCUT2D eigenvalue weighted by molar-refractivity contribution is -0.114. The van der Waals surface area contributed by atoms with Gasteiger partial charge in [0.1, 0.15) is 0 Å². The van der Waals surface area contributed by atoms with Crippen molar-refractivity contribution in [2.75, 3.05) is 10.6 Å².